The number of hydrogen-bond donors (Lipinski definition) is 1. The summed E-state index contributed by atoms with van der Waals surface area (Å²) in [6, 6.07) is 6.39. The van der Waals surface area contributed by atoms with Crippen LogP contribution >= 0.6 is 0 Å². The fourth-order valence-corrected chi connectivity index (χ4v) is 3.46. The summed E-state index contributed by atoms with van der Waals surface area (Å²) in [6.45, 7) is 0. The van der Waals surface area contributed by atoms with Gasteiger partial charge in [-0.1, -0.05) is 0 Å². The highest BCUT2D eigenvalue weighted by molar-refractivity contribution is 6.19. The van der Waals surface area contributed by atoms with Crippen molar-refractivity contribution in [1.82, 2.24) is 9.55 Å². The first-order valence-electron chi connectivity index (χ1n) is 8.68. The van der Waals surface area contributed by atoms with E-state index >= 15 is 0 Å². The second-order valence-electron chi connectivity index (χ2n) is 6.79. The molecule has 0 fully saturated rings. The number of aromatic amines is 1. The quantitative estimate of drug-likeness (QED) is 0.712. The van der Waals surface area contributed by atoms with Gasteiger partial charge < -0.3 is 9.55 Å². The van der Waals surface area contributed by atoms with Crippen molar-refractivity contribution < 1.29 is 4.58 Å². The number of allylic oxidation sites excluding steroid dienone is 5. The van der Waals surface area contributed by atoms with Gasteiger partial charge in [0.15, 0.2) is 0 Å². The van der Waals surface area contributed by atoms with Crippen LogP contribution in [0.15, 0.2) is 71.2 Å². The van der Waals surface area contributed by atoms with Gasteiger partial charge in [-0.15, -0.1) is 0 Å². The van der Waals surface area contributed by atoms with E-state index in [1.54, 1.807) is 0 Å². The molecular formula is C22H19N4+. The lowest BCUT2D eigenvalue weighted by Gasteiger charge is -1.97. The minimum atomic E-state index is 0.958. The summed E-state index contributed by atoms with van der Waals surface area (Å²) in [7, 11) is 4.17. The molecule has 1 N–H and O–H groups in total. The topological polar surface area (TPSA) is 36.1 Å². The lowest BCUT2D eigenvalue weighted by atomic mass is 10.2. The summed E-state index contributed by atoms with van der Waals surface area (Å²) in [5, 5.41) is 2.14. The van der Waals surface area contributed by atoms with E-state index in [4.69, 9.17) is 4.99 Å². The Bertz CT molecular complexity index is 1230. The molecule has 2 aromatic heterocycles. The van der Waals surface area contributed by atoms with Gasteiger partial charge >= 0.3 is 0 Å². The van der Waals surface area contributed by atoms with E-state index in [1.807, 2.05) is 6.08 Å². The summed E-state index contributed by atoms with van der Waals surface area (Å²) < 4.78 is 4.34. The fourth-order valence-electron chi connectivity index (χ4n) is 3.46. The van der Waals surface area contributed by atoms with E-state index in [-0.39, 0.29) is 0 Å². The van der Waals surface area contributed by atoms with E-state index in [2.05, 4.69) is 95.2 Å². The zero-order chi connectivity index (χ0) is 17.7. The maximum absolute atomic E-state index is 4.70. The van der Waals surface area contributed by atoms with Crippen LogP contribution in [0.2, 0.25) is 0 Å². The third-order valence-electron chi connectivity index (χ3n) is 4.90. The zero-order valence-electron chi connectivity index (χ0n) is 14.8. The van der Waals surface area contributed by atoms with Gasteiger partial charge in [-0.2, -0.15) is 4.58 Å². The molecule has 126 valence electrons. The number of aliphatic imine (C=N–C) groups is 1. The normalized spacial score (nSPS) is 17.7. The Labute approximate surface area is 151 Å². The van der Waals surface area contributed by atoms with Crippen molar-refractivity contribution in [3.63, 3.8) is 0 Å². The number of likely N-dealkylation sites (N-methyl/N-ethyl adjacent to an activating group) is 1. The van der Waals surface area contributed by atoms with Gasteiger partial charge in [0.25, 0.3) is 0 Å². The van der Waals surface area contributed by atoms with E-state index in [0.29, 0.717) is 0 Å². The van der Waals surface area contributed by atoms with Gasteiger partial charge in [0, 0.05) is 53.9 Å². The number of aromatic nitrogens is 2. The molecule has 0 saturated heterocycles. The number of aryl methyl sites for hydroxylation is 1. The second-order valence-corrected chi connectivity index (χ2v) is 6.79. The van der Waals surface area contributed by atoms with Crippen LogP contribution < -0.4 is 10.7 Å². The summed E-state index contributed by atoms with van der Waals surface area (Å²) >= 11 is 0. The predicted molar refractivity (Wildman–Crippen MR) is 106 cm³/mol. The van der Waals surface area contributed by atoms with Gasteiger partial charge in [-0.3, -0.25) is 0 Å². The van der Waals surface area contributed by atoms with Crippen LogP contribution in [-0.4, -0.2) is 32.6 Å². The first kappa shape index (κ1) is 14.9. The van der Waals surface area contributed by atoms with Crippen LogP contribution in [0.3, 0.4) is 0 Å². The molecule has 0 atom stereocenters. The largest absolute Gasteiger partial charge is 0.355 e. The molecule has 5 rings (SSSR count). The Hall–Kier alpha value is -3.40. The number of nitrogens with one attached hydrogen (secondary N) is 1. The average Bonchev–Trinajstić information content (AvgIpc) is 3.36. The third-order valence-corrected chi connectivity index (χ3v) is 4.90. The summed E-state index contributed by atoms with van der Waals surface area (Å²) in [4.78, 5) is 8.14. The highest BCUT2D eigenvalue weighted by Crippen LogP contribution is 2.18. The molecule has 0 aromatic carbocycles. The third kappa shape index (κ3) is 2.56. The standard InChI is InChI=1S/C22H18N4/c1-25-14-15-9-16-3-4-17(23-16)11-18-5-6-19(24-18)12-20-7-8-21(26(20)2)13-22(25)10-15/h3-14H,1-2H3/p+1. The molecule has 5 heterocycles. The SMILES string of the molecule is Cn1cc2cc1C=C1C=CC(=[N+]1C)C=C1C=CC(=N1)C=c1ccc([nH]1)=C2. The van der Waals surface area contributed by atoms with E-state index in [0.717, 1.165) is 33.5 Å². The van der Waals surface area contributed by atoms with E-state index in [9.17, 15) is 0 Å². The van der Waals surface area contributed by atoms with Crippen molar-refractivity contribution in [3.8, 4) is 0 Å². The number of H-pyrrole nitrogens is 1. The number of rotatable bonds is 0. The fraction of sp³-hybridized carbons (Fsp3) is 0.0909. The molecule has 0 spiro atoms. The molecule has 4 heteroatoms. The summed E-state index contributed by atoms with van der Waals surface area (Å²) in [5.74, 6) is 0. The highest BCUT2D eigenvalue weighted by atomic mass is 15.0. The molecule has 0 unspecified atom stereocenters. The Morgan fingerprint density at radius 1 is 0.962 bits per heavy atom. The Kier molecular flexibility index (Phi) is 3.19. The molecule has 8 bridgehead atoms. The Morgan fingerprint density at radius 2 is 1.81 bits per heavy atom. The molecule has 0 saturated carbocycles. The minimum absolute atomic E-state index is 0.958. The highest BCUT2D eigenvalue weighted by Gasteiger charge is 2.19. The first-order chi connectivity index (χ1) is 12.6. The molecular weight excluding hydrogens is 320 g/mol. The van der Waals surface area contributed by atoms with Crippen LogP contribution in [0.1, 0.15) is 11.3 Å². The van der Waals surface area contributed by atoms with Crippen molar-refractivity contribution in [2.45, 2.75) is 0 Å². The smallest absolute Gasteiger partial charge is 0.207 e. The lowest BCUT2D eigenvalue weighted by molar-refractivity contribution is -0.431. The molecule has 3 aliphatic heterocycles. The Balaban J connectivity index is 1.77. The van der Waals surface area contributed by atoms with Crippen LogP contribution in [0, 0.1) is 0 Å². The summed E-state index contributed by atoms with van der Waals surface area (Å²) in [5.41, 5.74) is 6.57. The average molecular weight is 339 g/mol. The molecule has 3 aliphatic rings. The second kappa shape index (κ2) is 5.56. The first-order valence-corrected chi connectivity index (χ1v) is 8.68. The maximum atomic E-state index is 4.70. The lowest BCUT2D eigenvalue weighted by Crippen LogP contribution is -2.10. The monoisotopic (exact) mass is 339 g/mol. The predicted octanol–water partition coefficient (Wildman–Crippen LogP) is 1.86. The number of hydrogen-bond acceptors (Lipinski definition) is 1. The van der Waals surface area contributed by atoms with Crippen molar-refractivity contribution in [2.24, 2.45) is 12.0 Å². The van der Waals surface area contributed by atoms with Crippen molar-refractivity contribution in [3.05, 3.63) is 88.1 Å². The minimum Gasteiger partial charge on any atom is -0.355 e. The van der Waals surface area contributed by atoms with Gasteiger partial charge in [-0.05, 0) is 48.1 Å². The molecule has 0 amide bonds. The van der Waals surface area contributed by atoms with E-state index in [1.165, 1.54) is 11.3 Å². The van der Waals surface area contributed by atoms with Crippen LogP contribution in [0.5, 0.6) is 0 Å². The number of nitrogens with zero attached hydrogens (tertiary/aromatic N) is 3. The van der Waals surface area contributed by atoms with Crippen molar-refractivity contribution in [2.75, 3.05) is 7.05 Å². The van der Waals surface area contributed by atoms with Gasteiger partial charge in [0.05, 0.1) is 11.4 Å². The summed E-state index contributed by atoms with van der Waals surface area (Å²) in [6.07, 6.45) is 19.1. The molecule has 26 heavy (non-hydrogen) atoms. The van der Waals surface area contributed by atoms with Crippen molar-refractivity contribution >= 4 is 29.7 Å². The molecule has 2 aromatic rings. The van der Waals surface area contributed by atoms with Crippen molar-refractivity contribution in [1.29, 1.82) is 0 Å². The number of fused-ring (bicyclic) bond motifs is 6. The van der Waals surface area contributed by atoms with Gasteiger partial charge in [0.2, 0.25) is 11.4 Å². The Morgan fingerprint density at radius 3 is 2.69 bits per heavy atom. The molecule has 4 nitrogen and oxygen atoms in total. The van der Waals surface area contributed by atoms with Gasteiger partial charge in [0.1, 0.15) is 7.05 Å². The molecule has 0 aliphatic carbocycles. The van der Waals surface area contributed by atoms with E-state index < -0.39 is 0 Å². The molecule has 0 radical (unpaired) electrons. The maximum Gasteiger partial charge on any atom is 0.207 e. The van der Waals surface area contributed by atoms with Crippen LogP contribution in [0.4, 0.5) is 0 Å². The van der Waals surface area contributed by atoms with Gasteiger partial charge in [-0.25, -0.2) is 4.99 Å². The zero-order valence-corrected chi connectivity index (χ0v) is 14.8. The van der Waals surface area contributed by atoms with Crippen LogP contribution in [0.25, 0.3) is 18.2 Å². The van der Waals surface area contributed by atoms with Crippen LogP contribution in [-0.2, 0) is 7.05 Å².